The van der Waals surface area contributed by atoms with E-state index >= 15 is 0 Å². The van der Waals surface area contributed by atoms with Crippen molar-refractivity contribution in [2.45, 2.75) is 77.7 Å². The van der Waals surface area contributed by atoms with Crippen molar-refractivity contribution in [3.8, 4) is 0 Å². The van der Waals surface area contributed by atoms with E-state index in [1.807, 2.05) is 18.2 Å². The van der Waals surface area contributed by atoms with Gasteiger partial charge in [-0.3, -0.25) is 14.4 Å². The fourth-order valence-corrected chi connectivity index (χ4v) is 3.16. The van der Waals surface area contributed by atoms with Crippen LogP contribution in [0.5, 0.6) is 0 Å². The van der Waals surface area contributed by atoms with Gasteiger partial charge in [-0.1, -0.05) is 30.3 Å². The number of carbonyl (C=O) groups excluding carboxylic acids is 4. The monoisotopic (exact) mass is 462 g/mol. The van der Waals surface area contributed by atoms with E-state index in [-0.39, 0.29) is 38.6 Å². The Morgan fingerprint density at radius 2 is 1.73 bits per heavy atom. The number of nitrogens with one attached hydrogen (secondary N) is 1. The molecule has 0 saturated heterocycles. The van der Waals surface area contributed by atoms with Gasteiger partial charge in [0.1, 0.15) is 18.2 Å². The Balaban J connectivity index is 2.06. The van der Waals surface area contributed by atoms with Gasteiger partial charge < -0.3 is 24.4 Å². The van der Waals surface area contributed by atoms with Gasteiger partial charge in [-0.25, -0.2) is 4.79 Å². The first-order chi connectivity index (χ1) is 15.6. The molecule has 0 heterocycles. The van der Waals surface area contributed by atoms with Gasteiger partial charge in [-0.05, 0) is 46.1 Å². The Morgan fingerprint density at radius 3 is 2.30 bits per heavy atom. The average molecular weight is 463 g/mol. The van der Waals surface area contributed by atoms with Crippen LogP contribution in [-0.2, 0) is 35.2 Å². The molecule has 0 aromatic heterocycles. The fourth-order valence-electron chi connectivity index (χ4n) is 3.16. The van der Waals surface area contributed by atoms with Crippen LogP contribution in [0.1, 0.15) is 58.9 Å². The van der Waals surface area contributed by atoms with Crippen molar-refractivity contribution in [1.29, 1.82) is 0 Å². The maximum Gasteiger partial charge on any atom is 0.408 e. The molecular formula is C24H34N2O7. The summed E-state index contributed by atoms with van der Waals surface area (Å²) < 4.78 is 15.5. The van der Waals surface area contributed by atoms with Crippen LogP contribution in [0.15, 0.2) is 30.3 Å². The first-order valence-corrected chi connectivity index (χ1v) is 11.2. The summed E-state index contributed by atoms with van der Waals surface area (Å²) in [6, 6.07) is 7.90. The second-order valence-corrected chi connectivity index (χ2v) is 8.87. The minimum atomic E-state index is -1.18. The largest absolute Gasteiger partial charge is 0.466 e. The molecule has 0 aliphatic heterocycles. The molecule has 2 rings (SSSR count). The molecule has 0 spiro atoms. The van der Waals surface area contributed by atoms with Gasteiger partial charge in [0.2, 0.25) is 5.91 Å². The molecule has 0 unspecified atom stereocenters. The summed E-state index contributed by atoms with van der Waals surface area (Å²) in [6.45, 7) is 7.30. The van der Waals surface area contributed by atoms with Gasteiger partial charge in [-0.2, -0.15) is 0 Å². The van der Waals surface area contributed by atoms with E-state index in [0.717, 1.165) is 18.4 Å². The van der Waals surface area contributed by atoms with E-state index in [9.17, 15) is 19.2 Å². The molecule has 1 N–H and O–H groups in total. The maximum atomic E-state index is 13.3. The fraction of sp³-hybridized carbons (Fsp3) is 0.583. The number of amides is 2. The number of ether oxygens (including phenoxy) is 3. The third-order valence-corrected chi connectivity index (χ3v) is 4.73. The van der Waals surface area contributed by atoms with Gasteiger partial charge in [0.25, 0.3) is 0 Å². The van der Waals surface area contributed by atoms with Crippen LogP contribution in [0.4, 0.5) is 4.79 Å². The van der Waals surface area contributed by atoms with E-state index in [2.05, 4.69) is 5.32 Å². The Labute approximate surface area is 194 Å². The molecule has 0 radical (unpaired) electrons. The van der Waals surface area contributed by atoms with E-state index in [4.69, 9.17) is 14.2 Å². The predicted octanol–water partition coefficient (Wildman–Crippen LogP) is 2.96. The minimum absolute atomic E-state index is 0.0230. The molecule has 1 aliphatic carbocycles. The Hall–Kier alpha value is -3.10. The van der Waals surface area contributed by atoms with Gasteiger partial charge in [0.15, 0.2) is 0 Å². The normalized spacial score (nSPS) is 14.1. The van der Waals surface area contributed by atoms with Gasteiger partial charge >= 0.3 is 18.0 Å². The Kier molecular flexibility index (Phi) is 9.69. The lowest BCUT2D eigenvalue weighted by Gasteiger charge is -2.28. The molecule has 1 fully saturated rings. The van der Waals surface area contributed by atoms with Crippen molar-refractivity contribution in [2.75, 3.05) is 13.2 Å². The quantitative estimate of drug-likeness (QED) is 0.397. The summed E-state index contributed by atoms with van der Waals surface area (Å²) in [4.78, 5) is 51.5. The molecule has 2 amide bonds. The van der Waals surface area contributed by atoms with Crippen molar-refractivity contribution in [3.05, 3.63) is 35.9 Å². The highest BCUT2D eigenvalue weighted by molar-refractivity contribution is 5.90. The highest BCUT2D eigenvalue weighted by Crippen LogP contribution is 2.28. The summed E-state index contributed by atoms with van der Waals surface area (Å²) in [6.07, 6.45) is 0.465. The second-order valence-electron chi connectivity index (χ2n) is 8.87. The summed E-state index contributed by atoms with van der Waals surface area (Å²) in [5.74, 6) is -1.48. The van der Waals surface area contributed by atoms with E-state index in [1.54, 1.807) is 39.8 Å². The van der Waals surface area contributed by atoms with Crippen LogP contribution in [-0.4, -0.2) is 59.7 Å². The lowest BCUT2D eigenvalue weighted by atomic mass is 10.1. The first-order valence-electron chi connectivity index (χ1n) is 11.2. The topological polar surface area (TPSA) is 111 Å². The summed E-state index contributed by atoms with van der Waals surface area (Å²) in [5, 5.41) is 2.51. The summed E-state index contributed by atoms with van der Waals surface area (Å²) in [7, 11) is 0. The molecule has 9 nitrogen and oxygen atoms in total. The van der Waals surface area contributed by atoms with E-state index in [0.29, 0.717) is 0 Å². The molecule has 0 bridgehead atoms. The molecule has 9 heteroatoms. The SMILES string of the molecule is CCOC(=O)CCN(C(=O)[C@H](CC(=O)OC(C)(C)C)NC(=O)OCc1ccccc1)C1CC1. The lowest BCUT2D eigenvalue weighted by Crippen LogP contribution is -2.51. The average Bonchev–Trinajstić information content (AvgIpc) is 3.56. The number of hydrogen-bond donors (Lipinski definition) is 1. The van der Waals surface area contributed by atoms with E-state index in [1.165, 1.54) is 4.90 Å². The predicted molar refractivity (Wildman–Crippen MR) is 120 cm³/mol. The zero-order chi connectivity index (χ0) is 24.4. The highest BCUT2D eigenvalue weighted by atomic mass is 16.6. The minimum Gasteiger partial charge on any atom is -0.466 e. The first kappa shape index (κ1) is 26.2. The van der Waals surface area contributed by atoms with Gasteiger partial charge in [0.05, 0.1) is 19.4 Å². The van der Waals surface area contributed by atoms with Crippen LogP contribution >= 0.6 is 0 Å². The van der Waals surface area contributed by atoms with Gasteiger partial charge in [-0.15, -0.1) is 0 Å². The van der Waals surface area contributed by atoms with Crippen molar-refractivity contribution in [3.63, 3.8) is 0 Å². The van der Waals surface area contributed by atoms with Crippen LogP contribution in [0.3, 0.4) is 0 Å². The number of alkyl carbamates (subject to hydrolysis) is 1. The summed E-state index contributed by atoms with van der Waals surface area (Å²) >= 11 is 0. The number of hydrogen-bond acceptors (Lipinski definition) is 7. The Morgan fingerprint density at radius 1 is 1.06 bits per heavy atom. The van der Waals surface area contributed by atoms with Crippen molar-refractivity contribution >= 4 is 23.9 Å². The number of rotatable bonds is 11. The number of esters is 2. The smallest absolute Gasteiger partial charge is 0.408 e. The third kappa shape index (κ3) is 9.93. The maximum absolute atomic E-state index is 13.3. The number of nitrogens with zero attached hydrogens (tertiary/aromatic N) is 1. The van der Waals surface area contributed by atoms with E-state index < -0.39 is 35.6 Å². The summed E-state index contributed by atoms with van der Waals surface area (Å²) in [5.41, 5.74) is 0.0511. The zero-order valence-corrected chi connectivity index (χ0v) is 19.8. The third-order valence-electron chi connectivity index (χ3n) is 4.73. The van der Waals surface area contributed by atoms with Crippen LogP contribution in [0.2, 0.25) is 0 Å². The Bertz CT molecular complexity index is 816. The highest BCUT2D eigenvalue weighted by Gasteiger charge is 2.38. The van der Waals surface area contributed by atoms with Crippen LogP contribution in [0.25, 0.3) is 0 Å². The molecule has 1 atom stereocenters. The molecule has 33 heavy (non-hydrogen) atoms. The van der Waals surface area contributed by atoms with Crippen LogP contribution in [0, 0.1) is 0 Å². The molecular weight excluding hydrogens is 428 g/mol. The molecule has 1 aliphatic rings. The van der Waals surface area contributed by atoms with Crippen LogP contribution < -0.4 is 5.32 Å². The standard InChI is InChI=1S/C24H34N2O7/c1-5-31-20(27)13-14-26(18-11-12-18)22(29)19(15-21(28)33-24(2,3)4)25-23(30)32-16-17-9-7-6-8-10-17/h6-10,18-19H,5,11-16H2,1-4H3,(H,25,30)/t19-/m0/s1. The number of carbonyl (C=O) groups is 4. The van der Waals surface area contributed by atoms with Crippen molar-refractivity contribution < 1.29 is 33.4 Å². The van der Waals surface area contributed by atoms with Crippen molar-refractivity contribution in [1.82, 2.24) is 10.2 Å². The van der Waals surface area contributed by atoms with Crippen molar-refractivity contribution in [2.24, 2.45) is 0 Å². The zero-order valence-electron chi connectivity index (χ0n) is 19.8. The molecule has 1 saturated carbocycles. The molecule has 1 aromatic carbocycles. The molecule has 1 aromatic rings. The van der Waals surface area contributed by atoms with Gasteiger partial charge in [0, 0.05) is 12.6 Å². The number of benzene rings is 1. The lowest BCUT2D eigenvalue weighted by molar-refractivity contribution is -0.157. The molecule has 182 valence electrons. The second kappa shape index (κ2) is 12.2.